The Kier molecular flexibility index (Phi) is 6.72. The van der Waals surface area contributed by atoms with Gasteiger partial charge in [-0.05, 0) is 36.4 Å². The molecule has 162 valence electrons. The van der Waals surface area contributed by atoms with Crippen LogP contribution in [0.4, 0.5) is 11.4 Å². The van der Waals surface area contributed by atoms with Crippen LogP contribution in [0.2, 0.25) is 0 Å². The summed E-state index contributed by atoms with van der Waals surface area (Å²) in [6, 6.07) is 23.5. The number of fused-ring (bicyclic) bond motifs is 1. The molecule has 1 atom stereocenters. The number of hydrogen-bond acceptors (Lipinski definition) is 6. The molecule has 4 rings (SSSR count). The van der Waals surface area contributed by atoms with E-state index in [4.69, 9.17) is 9.47 Å². The highest BCUT2D eigenvalue weighted by atomic mass is 32.2. The topological polar surface area (TPSA) is 93.7 Å². The second-order valence-electron chi connectivity index (χ2n) is 6.95. The van der Waals surface area contributed by atoms with Gasteiger partial charge >= 0.3 is 5.97 Å². The zero-order valence-electron chi connectivity index (χ0n) is 16.9. The van der Waals surface area contributed by atoms with Crippen molar-refractivity contribution in [3.63, 3.8) is 0 Å². The van der Waals surface area contributed by atoms with E-state index in [0.717, 1.165) is 10.6 Å². The molecule has 1 aliphatic heterocycles. The van der Waals surface area contributed by atoms with Gasteiger partial charge in [-0.15, -0.1) is 11.8 Å². The van der Waals surface area contributed by atoms with Gasteiger partial charge in [-0.3, -0.25) is 14.4 Å². The lowest BCUT2D eigenvalue weighted by atomic mass is 10.2. The predicted molar refractivity (Wildman–Crippen MR) is 122 cm³/mol. The van der Waals surface area contributed by atoms with Crippen molar-refractivity contribution in [3.8, 4) is 11.5 Å². The molecule has 2 N–H and O–H groups in total. The molecule has 1 aliphatic rings. The van der Waals surface area contributed by atoms with Crippen LogP contribution >= 0.6 is 11.8 Å². The summed E-state index contributed by atoms with van der Waals surface area (Å²) in [5, 5.41) is 4.84. The largest absolute Gasteiger partial charge is 0.457 e. The molecule has 1 heterocycles. The Balaban J connectivity index is 1.26. The monoisotopic (exact) mass is 448 g/mol. The quantitative estimate of drug-likeness (QED) is 0.518. The fraction of sp³-hybridized carbons (Fsp3) is 0.125. The van der Waals surface area contributed by atoms with E-state index in [1.807, 2.05) is 48.5 Å². The van der Waals surface area contributed by atoms with Crippen molar-refractivity contribution in [3.05, 3.63) is 78.9 Å². The first-order valence-electron chi connectivity index (χ1n) is 9.92. The third-order valence-electron chi connectivity index (χ3n) is 4.52. The number of anilines is 2. The molecular formula is C24H20N2O5S. The Bertz CT molecular complexity index is 1140. The fourth-order valence-corrected chi connectivity index (χ4v) is 4.14. The van der Waals surface area contributed by atoms with Gasteiger partial charge in [-0.2, -0.15) is 0 Å². The highest BCUT2D eigenvalue weighted by Crippen LogP contribution is 2.36. The van der Waals surface area contributed by atoms with Crippen molar-refractivity contribution in [2.45, 2.75) is 16.6 Å². The van der Waals surface area contributed by atoms with Gasteiger partial charge in [0.25, 0.3) is 5.91 Å². The number of benzene rings is 3. The maximum Gasteiger partial charge on any atom is 0.307 e. The number of rotatable bonds is 7. The maximum atomic E-state index is 12.2. The van der Waals surface area contributed by atoms with Crippen LogP contribution in [0, 0.1) is 0 Å². The van der Waals surface area contributed by atoms with Crippen LogP contribution in [0.1, 0.15) is 6.42 Å². The van der Waals surface area contributed by atoms with Crippen molar-refractivity contribution >= 4 is 40.9 Å². The molecule has 7 nitrogen and oxygen atoms in total. The first kappa shape index (κ1) is 21.5. The van der Waals surface area contributed by atoms with Crippen molar-refractivity contribution < 1.29 is 23.9 Å². The summed E-state index contributed by atoms with van der Waals surface area (Å²) in [4.78, 5) is 37.5. The standard InChI is InChI=1S/C24H20N2O5S/c27-22(25-16-7-6-10-18(13-16)31-17-8-2-1-3-9-17)15-30-23(28)14-21-24(29)26-19-11-4-5-12-20(19)32-21/h1-13,21H,14-15H2,(H,25,27)(H,26,29). The van der Waals surface area contributed by atoms with Gasteiger partial charge in [-0.1, -0.05) is 36.4 Å². The maximum absolute atomic E-state index is 12.2. The van der Waals surface area contributed by atoms with Crippen LogP contribution in [-0.2, 0) is 19.1 Å². The summed E-state index contributed by atoms with van der Waals surface area (Å²) in [7, 11) is 0. The van der Waals surface area contributed by atoms with Crippen molar-refractivity contribution in [2.75, 3.05) is 17.2 Å². The third kappa shape index (κ3) is 5.67. The molecule has 8 heteroatoms. The molecular weight excluding hydrogens is 428 g/mol. The minimum absolute atomic E-state index is 0.126. The van der Waals surface area contributed by atoms with Crippen molar-refractivity contribution in [2.24, 2.45) is 0 Å². The zero-order valence-corrected chi connectivity index (χ0v) is 17.8. The number of thioether (sulfide) groups is 1. The number of esters is 1. The first-order chi connectivity index (χ1) is 15.6. The fourth-order valence-electron chi connectivity index (χ4n) is 3.04. The Labute approximate surface area is 189 Å². The number of carbonyl (C=O) groups excluding carboxylic acids is 3. The number of hydrogen-bond donors (Lipinski definition) is 2. The molecule has 32 heavy (non-hydrogen) atoms. The molecule has 0 bridgehead atoms. The molecule has 0 aromatic heterocycles. The highest BCUT2D eigenvalue weighted by Gasteiger charge is 2.29. The second kappa shape index (κ2) is 10.0. The SMILES string of the molecule is O=C(COC(=O)CC1Sc2ccccc2NC1=O)Nc1cccc(Oc2ccccc2)c1. The van der Waals surface area contributed by atoms with Gasteiger partial charge in [0.05, 0.1) is 17.4 Å². The highest BCUT2D eigenvalue weighted by molar-refractivity contribution is 8.01. The van der Waals surface area contributed by atoms with E-state index in [9.17, 15) is 14.4 Å². The summed E-state index contributed by atoms with van der Waals surface area (Å²) in [6.45, 7) is -0.446. The van der Waals surface area contributed by atoms with Gasteiger partial charge < -0.3 is 20.1 Å². The number of amides is 2. The van der Waals surface area contributed by atoms with Gasteiger partial charge in [0.1, 0.15) is 11.5 Å². The minimum atomic E-state index is -0.617. The van der Waals surface area contributed by atoms with Crippen LogP contribution in [0.3, 0.4) is 0 Å². The Morgan fingerprint density at radius 2 is 1.69 bits per heavy atom. The normalized spacial score (nSPS) is 14.6. The Hall–Kier alpha value is -3.78. The number of nitrogens with one attached hydrogen (secondary N) is 2. The summed E-state index contributed by atoms with van der Waals surface area (Å²) >= 11 is 1.31. The number of ether oxygens (including phenoxy) is 2. The van der Waals surface area contributed by atoms with Crippen LogP contribution in [0.25, 0.3) is 0 Å². The van der Waals surface area contributed by atoms with Crippen LogP contribution < -0.4 is 15.4 Å². The molecule has 0 saturated heterocycles. The zero-order chi connectivity index (χ0) is 22.3. The van der Waals surface area contributed by atoms with E-state index in [1.165, 1.54) is 11.8 Å². The van der Waals surface area contributed by atoms with Crippen molar-refractivity contribution in [1.82, 2.24) is 0 Å². The molecule has 3 aromatic carbocycles. The van der Waals surface area contributed by atoms with Crippen LogP contribution in [0.15, 0.2) is 83.8 Å². The molecule has 2 amide bonds. The van der Waals surface area contributed by atoms with Gasteiger partial charge in [-0.25, -0.2) is 0 Å². The molecule has 1 unspecified atom stereocenters. The van der Waals surface area contributed by atoms with Gasteiger partial charge in [0, 0.05) is 16.6 Å². The van der Waals surface area contributed by atoms with E-state index in [-0.39, 0.29) is 12.3 Å². The number of carbonyl (C=O) groups is 3. The second-order valence-corrected chi connectivity index (χ2v) is 8.19. The summed E-state index contributed by atoms with van der Waals surface area (Å²) < 4.78 is 10.8. The van der Waals surface area contributed by atoms with E-state index in [2.05, 4.69) is 10.6 Å². The molecule has 0 radical (unpaired) electrons. The molecule has 0 aliphatic carbocycles. The van der Waals surface area contributed by atoms with E-state index >= 15 is 0 Å². The molecule has 3 aromatic rings. The van der Waals surface area contributed by atoms with Gasteiger partial charge in [0.2, 0.25) is 5.91 Å². The van der Waals surface area contributed by atoms with Crippen LogP contribution in [0.5, 0.6) is 11.5 Å². The predicted octanol–water partition coefficient (Wildman–Crippen LogP) is 4.46. The number of para-hydroxylation sites is 2. The van der Waals surface area contributed by atoms with E-state index in [1.54, 1.807) is 30.3 Å². The Morgan fingerprint density at radius 1 is 0.938 bits per heavy atom. The lowest BCUT2D eigenvalue weighted by Gasteiger charge is -2.23. The minimum Gasteiger partial charge on any atom is -0.457 e. The van der Waals surface area contributed by atoms with Crippen LogP contribution in [-0.4, -0.2) is 29.6 Å². The average molecular weight is 449 g/mol. The molecule has 0 spiro atoms. The first-order valence-corrected chi connectivity index (χ1v) is 10.8. The smallest absolute Gasteiger partial charge is 0.307 e. The van der Waals surface area contributed by atoms with E-state index in [0.29, 0.717) is 17.2 Å². The lowest BCUT2D eigenvalue weighted by molar-refractivity contribution is -0.147. The molecule has 0 fully saturated rings. The lowest BCUT2D eigenvalue weighted by Crippen LogP contribution is -2.32. The van der Waals surface area contributed by atoms with Gasteiger partial charge in [0.15, 0.2) is 6.61 Å². The summed E-state index contributed by atoms with van der Waals surface area (Å²) in [6.07, 6.45) is -0.126. The summed E-state index contributed by atoms with van der Waals surface area (Å²) in [5.74, 6) is -0.122. The summed E-state index contributed by atoms with van der Waals surface area (Å²) in [5.41, 5.74) is 1.24. The third-order valence-corrected chi connectivity index (χ3v) is 5.79. The Morgan fingerprint density at radius 3 is 2.53 bits per heavy atom. The van der Waals surface area contributed by atoms with Crippen molar-refractivity contribution in [1.29, 1.82) is 0 Å². The van der Waals surface area contributed by atoms with E-state index < -0.39 is 23.7 Å². The average Bonchev–Trinajstić information content (AvgIpc) is 2.79. The molecule has 0 saturated carbocycles.